The van der Waals surface area contributed by atoms with Crippen LogP contribution in [-0.4, -0.2) is 19.0 Å². The highest BCUT2D eigenvalue weighted by molar-refractivity contribution is 5.87. The smallest absolute Gasteiger partial charge is 0.232 e. The molecule has 1 amide bonds. The van der Waals surface area contributed by atoms with Crippen molar-refractivity contribution in [3.8, 4) is 0 Å². The van der Waals surface area contributed by atoms with Crippen LogP contribution in [0.5, 0.6) is 0 Å². The molecule has 2 aliphatic heterocycles. The predicted molar refractivity (Wildman–Crippen MR) is 117 cm³/mol. The molecule has 1 unspecified atom stereocenters. The van der Waals surface area contributed by atoms with Gasteiger partial charge in [-0.05, 0) is 41.5 Å². The molecule has 2 aliphatic rings. The van der Waals surface area contributed by atoms with E-state index in [4.69, 9.17) is 0 Å². The van der Waals surface area contributed by atoms with E-state index in [1.54, 1.807) is 0 Å². The Labute approximate surface area is 172 Å². The van der Waals surface area contributed by atoms with Crippen LogP contribution in [-0.2, 0) is 11.2 Å². The van der Waals surface area contributed by atoms with E-state index in [0.29, 0.717) is 0 Å². The molecule has 0 aromatic heterocycles. The third-order valence-corrected chi connectivity index (χ3v) is 6.25. The quantitative estimate of drug-likeness (QED) is 0.701. The van der Waals surface area contributed by atoms with E-state index in [1.165, 1.54) is 23.2 Å². The summed E-state index contributed by atoms with van der Waals surface area (Å²) in [5, 5.41) is 3.40. The highest BCUT2D eigenvalue weighted by Gasteiger charge is 2.32. The number of anilines is 1. The lowest BCUT2D eigenvalue weighted by Crippen LogP contribution is -2.42. The highest BCUT2D eigenvalue weighted by Crippen LogP contribution is 2.40. The van der Waals surface area contributed by atoms with Gasteiger partial charge < -0.3 is 10.2 Å². The summed E-state index contributed by atoms with van der Waals surface area (Å²) in [6, 6.07) is 26.8. The lowest BCUT2D eigenvalue weighted by molar-refractivity contribution is -0.122. The maximum atomic E-state index is 13.5. The molecule has 1 N–H and O–H groups in total. The summed E-state index contributed by atoms with van der Waals surface area (Å²) in [5.74, 6) is -0.218. The minimum atomic E-state index is -0.296. The Morgan fingerprint density at radius 3 is 2.24 bits per heavy atom. The molecule has 146 valence electrons. The van der Waals surface area contributed by atoms with Gasteiger partial charge >= 0.3 is 0 Å². The molecule has 3 aromatic carbocycles. The maximum Gasteiger partial charge on any atom is 0.232 e. The average Bonchev–Trinajstić information content (AvgIpc) is 2.78. The van der Waals surface area contributed by atoms with Crippen LogP contribution in [0.1, 0.15) is 47.1 Å². The fraction of sp³-hybridized carbons (Fsp3) is 0.269. The Morgan fingerprint density at radius 1 is 0.862 bits per heavy atom. The van der Waals surface area contributed by atoms with Crippen molar-refractivity contribution >= 4 is 11.6 Å². The third kappa shape index (κ3) is 3.42. The third-order valence-electron chi connectivity index (χ3n) is 6.25. The summed E-state index contributed by atoms with van der Waals surface area (Å²) in [4.78, 5) is 16.1. The van der Waals surface area contributed by atoms with Gasteiger partial charge in [-0.1, -0.05) is 78.9 Å². The van der Waals surface area contributed by atoms with Crippen LogP contribution < -0.4 is 10.2 Å². The van der Waals surface area contributed by atoms with Crippen molar-refractivity contribution in [2.75, 3.05) is 18.0 Å². The lowest BCUT2D eigenvalue weighted by atomic mass is 9.87. The molecule has 3 heteroatoms. The molecular formula is C26H26N2O. The van der Waals surface area contributed by atoms with Gasteiger partial charge in [0.1, 0.15) is 0 Å². The van der Waals surface area contributed by atoms with E-state index in [2.05, 4.69) is 28.4 Å². The van der Waals surface area contributed by atoms with Gasteiger partial charge in [0.05, 0.1) is 12.0 Å². The Kier molecular flexibility index (Phi) is 4.81. The minimum absolute atomic E-state index is 0.0710. The average molecular weight is 383 g/mol. The lowest BCUT2D eigenvalue weighted by Gasteiger charge is -2.40. The molecule has 1 atom stereocenters. The van der Waals surface area contributed by atoms with Gasteiger partial charge in [-0.15, -0.1) is 0 Å². The second kappa shape index (κ2) is 7.75. The molecule has 5 rings (SSSR count). The van der Waals surface area contributed by atoms with E-state index >= 15 is 0 Å². The zero-order valence-electron chi connectivity index (χ0n) is 16.6. The van der Waals surface area contributed by atoms with Crippen molar-refractivity contribution < 1.29 is 4.79 Å². The van der Waals surface area contributed by atoms with Crippen molar-refractivity contribution in [1.29, 1.82) is 0 Å². The highest BCUT2D eigenvalue weighted by atomic mass is 16.2. The number of hydrogen-bond acceptors (Lipinski definition) is 2. The van der Waals surface area contributed by atoms with Gasteiger partial charge in [0.15, 0.2) is 0 Å². The zero-order valence-corrected chi connectivity index (χ0v) is 16.6. The molecule has 0 radical (unpaired) electrons. The molecule has 0 bridgehead atoms. The van der Waals surface area contributed by atoms with Crippen LogP contribution in [0.2, 0.25) is 0 Å². The summed E-state index contributed by atoms with van der Waals surface area (Å²) < 4.78 is 0. The van der Waals surface area contributed by atoms with E-state index in [0.717, 1.165) is 37.1 Å². The van der Waals surface area contributed by atoms with Crippen LogP contribution in [0.25, 0.3) is 0 Å². The summed E-state index contributed by atoms with van der Waals surface area (Å²) in [7, 11) is 0. The summed E-state index contributed by atoms with van der Waals surface area (Å²) >= 11 is 0. The standard InChI is InChI=1S/C26H26N2O/c29-26(24(19-9-3-1-4-10-19)20-11-5-2-6-12-20)27-23-16-18-28-17-8-14-21-13-7-15-22(23)25(21)28/h1-7,9-13,15,23-24H,8,14,16-18H2,(H,27,29). The number of benzene rings is 3. The number of nitrogens with zero attached hydrogens (tertiary/aromatic N) is 1. The number of para-hydroxylation sites is 1. The predicted octanol–water partition coefficient (Wildman–Crippen LogP) is 4.83. The molecule has 2 heterocycles. The summed E-state index contributed by atoms with van der Waals surface area (Å²) in [6.45, 7) is 2.14. The number of rotatable bonds is 4. The first kappa shape index (κ1) is 18.0. The molecule has 29 heavy (non-hydrogen) atoms. The van der Waals surface area contributed by atoms with Crippen LogP contribution in [0.15, 0.2) is 78.9 Å². The maximum absolute atomic E-state index is 13.5. The normalized spacial score (nSPS) is 17.7. The monoisotopic (exact) mass is 382 g/mol. The van der Waals surface area contributed by atoms with E-state index in [1.807, 2.05) is 60.7 Å². The van der Waals surface area contributed by atoms with E-state index < -0.39 is 0 Å². The fourth-order valence-corrected chi connectivity index (χ4v) is 4.91. The second-order valence-electron chi connectivity index (χ2n) is 8.05. The van der Waals surface area contributed by atoms with Crippen molar-refractivity contribution in [3.05, 3.63) is 101 Å². The van der Waals surface area contributed by atoms with Crippen molar-refractivity contribution in [2.24, 2.45) is 0 Å². The first-order chi connectivity index (χ1) is 14.3. The SMILES string of the molecule is O=C(NC1CCN2CCCc3cccc1c32)C(c1ccccc1)c1ccccc1. The number of hydrogen-bond donors (Lipinski definition) is 1. The zero-order chi connectivity index (χ0) is 19.6. The Hall–Kier alpha value is -3.07. The van der Waals surface area contributed by atoms with Crippen LogP contribution in [0, 0.1) is 0 Å². The van der Waals surface area contributed by atoms with Crippen LogP contribution in [0.3, 0.4) is 0 Å². The largest absolute Gasteiger partial charge is 0.371 e. The number of amides is 1. The Balaban J connectivity index is 1.47. The van der Waals surface area contributed by atoms with Gasteiger partial charge in [0, 0.05) is 18.8 Å². The van der Waals surface area contributed by atoms with Crippen LogP contribution >= 0.6 is 0 Å². The van der Waals surface area contributed by atoms with E-state index in [-0.39, 0.29) is 17.9 Å². The number of aryl methyl sites for hydroxylation is 1. The summed E-state index contributed by atoms with van der Waals surface area (Å²) in [6.07, 6.45) is 3.31. The number of nitrogens with one attached hydrogen (secondary N) is 1. The van der Waals surface area contributed by atoms with Gasteiger partial charge in [0.2, 0.25) is 5.91 Å². The Bertz CT molecular complexity index is 960. The van der Waals surface area contributed by atoms with Crippen LogP contribution in [0.4, 0.5) is 5.69 Å². The molecule has 0 saturated carbocycles. The molecule has 3 nitrogen and oxygen atoms in total. The first-order valence-electron chi connectivity index (χ1n) is 10.6. The Morgan fingerprint density at radius 2 is 1.55 bits per heavy atom. The van der Waals surface area contributed by atoms with Gasteiger partial charge in [-0.2, -0.15) is 0 Å². The van der Waals surface area contributed by atoms with Crippen molar-refractivity contribution in [3.63, 3.8) is 0 Å². The van der Waals surface area contributed by atoms with E-state index in [9.17, 15) is 4.79 Å². The number of carbonyl (C=O) groups is 1. The van der Waals surface area contributed by atoms with Gasteiger partial charge in [-0.25, -0.2) is 0 Å². The molecule has 0 saturated heterocycles. The second-order valence-corrected chi connectivity index (χ2v) is 8.05. The summed E-state index contributed by atoms with van der Waals surface area (Å²) in [5.41, 5.74) is 6.13. The van der Waals surface area contributed by atoms with Crippen molar-refractivity contribution in [2.45, 2.75) is 31.2 Å². The number of carbonyl (C=O) groups excluding carboxylic acids is 1. The van der Waals surface area contributed by atoms with Gasteiger partial charge in [-0.3, -0.25) is 4.79 Å². The topological polar surface area (TPSA) is 32.3 Å². The minimum Gasteiger partial charge on any atom is -0.371 e. The molecule has 0 fully saturated rings. The fourth-order valence-electron chi connectivity index (χ4n) is 4.91. The first-order valence-corrected chi connectivity index (χ1v) is 10.6. The van der Waals surface area contributed by atoms with Crippen molar-refractivity contribution in [1.82, 2.24) is 5.32 Å². The molecule has 3 aromatic rings. The molecule has 0 aliphatic carbocycles. The molecule has 0 spiro atoms. The molecular weight excluding hydrogens is 356 g/mol. The van der Waals surface area contributed by atoms with Gasteiger partial charge in [0.25, 0.3) is 0 Å².